The van der Waals surface area contributed by atoms with E-state index in [1.165, 1.54) is 12.1 Å². The molecule has 0 aliphatic carbocycles. The molecular formula is C25H28F2N4S. The van der Waals surface area contributed by atoms with Crippen LogP contribution in [-0.4, -0.2) is 17.9 Å². The Bertz CT molecular complexity index is 1160. The van der Waals surface area contributed by atoms with Crippen LogP contribution in [0, 0.1) is 11.6 Å². The lowest BCUT2D eigenvalue weighted by Crippen LogP contribution is -2.16. The van der Waals surface area contributed by atoms with E-state index in [1.54, 1.807) is 0 Å². The lowest BCUT2D eigenvalue weighted by Gasteiger charge is -2.23. The lowest BCUT2D eigenvalue weighted by molar-refractivity contribution is 0.570. The second kappa shape index (κ2) is 9.12. The van der Waals surface area contributed by atoms with E-state index in [4.69, 9.17) is 10.7 Å². The molecule has 2 aromatic carbocycles. The summed E-state index contributed by atoms with van der Waals surface area (Å²) in [6, 6.07) is 13.2. The van der Waals surface area contributed by atoms with Crippen LogP contribution >= 0.6 is 10.7 Å². The number of pyridine rings is 1. The van der Waals surface area contributed by atoms with E-state index >= 15 is 0 Å². The molecule has 1 unspecified atom stereocenters. The van der Waals surface area contributed by atoms with Crippen LogP contribution in [0.4, 0.5) is 20.3 Å². The summed E-state index contributed by atoms with van der Waals surface area (Å²) in [5.41, 5.74) is 10.7. The molecule has 0 radical (unpaired) electrons. The van der Waals surface area contributed by atoms with Crippen molar-refractivity contribution in [3.8, 4) is 11.1 Å². The Morgan fingerprint density at radius 3 is 2.12 bits per heavy atom. The summed E-state index contributed by atoms with van der Waals surface area (Å²) in [4.78, 5) is 5.20. The van der Waals surface area contributed by atoms with E-state index in [2.05, 4.69) is 43.3 Å². The Labute approximate surface area is 190 Å². The van der Waals surface area contributed by atoms with Gasteiger partial charge < -0.3 is 15.8 Å². The maximum atomic E-state index is 13.5. The van der Waals surface area contributed by atoms with Gasteiger partial charge in [-0.2, -0.15) is 0 Å². The minimum absolute atomic E-state index is 0.154. The molecule has 0 bridgehead atoms. The van der Waals surface area contributed by atoms with Crippen LogP contribution in [0.25, 0.3) is 16.8 Å². The van der Waals surface area contributed by atoms with Gasteiger partial charge in [-0.1, -0.05) is 56.0 Å². The summed E-state index contributed by atoms with van der Waals surface area (Å²) in [7, 11) is 0.986. The third-order valence-corrected chi connectivity index (χ3v) is 6.19. The fourth-order valence-corrected chi connectivity index (χ4v) is 4.30. The molecule has 3 aromatic rings. The number of nitrogens with zero attached hydrogens (tertiary/aromatic N) is 1. The average Bonchev–Trinajstić information content (AvgIpc) is 2.71. The van der Waals surface area contributed by atoms with Crippen LogP contribution in [-0.2, 0) is 5.41 Å². The first-order valence-corrected chi connectivity index (χ1v) is 11.4. The molecule has 7 heteroatoms. The van der Waals surface area contributed by atoms with Crippen molar-refractivity contribution < 1.29 is 8.78 Å². The number of aromatic nitrogens is 1. The van der Waals surface area contributed by atoms with Crippen molar-refractivity contribution in [1.82, 2.24) is 4.98 Å². The van der Waals surface area contributed by atoms with Gasteiger partial charge in [0, 0.05) is 46.1 Å². The van der Waals surface area contributed by atoms with Crippen LogP contribution in [0.3, 0.4) is 0 Å². The average molecular weight is 455 g/mol. The van der Waals surface area contributed by atoms with E-state index in [0.717, 1.165) is 34.1 Å². The van der Waals surface area contributed by atoms with Crippen molar-refractivity contribution in [1.29, 1.82) is 0 Å². The maximum Gasteiger partial charge on any atom is 0.136 e. The molecule has 0 saturated heterocycles. The summed E-state index contributed by atoms with van der Waals surface area (Å²) in [6.45, 7) is 10.2. The van der Waals surface area contributed by atoms with Gasteiger partial charge >= 0.3 is 0 Å². The van der Waals surface area contributed by atoms with Gasteiger partial charge in [0.1, 0.15) is 17.5 Å². The molecule has 0 fully saturated rings. The van der Waals surface area contributed by atoms with Crippen molar-refractivity contribution in [2.24, 2.45) is 5.73 Å². The zero-order valence-electron chi connectivity index (χ0n) is 18.7. The first-order chi connectivity index (χ1) is 15.0. The van der Waals surface area contributed by atoms with Gasteiger partial charge in [-0.05, 0) is 41.5 Å². The smallest absolute Gasteiger partial charge is 0.136 e. The Hall–Kier alpha value is -3.19. The van der Waals surface area contributed by atoms with Gasteiger partial charge in [0.05, 0.1) is 0 Å². The standard InChI is InChI=1S/C25H28F2N4S/c1-15(28)23-21(14-22(25(2,3)4)30-24(23)29-5)16-7-9-19(10-8-16)31-32(6)20-12-17(26)11-18(27)13-20/h7-14,31H,1,6,28H2,2-5H3,(H,29,30). The van der Waals surface area contributed by atoms with Crippen molar-refractivity contribution in [2.75, 3.05) is 17.1 Å². The molecule has 0 spiro atoms. The largest absolute Gasteiger partial charge is 0.399 e. The summed E-state index contributed by atoms with van der Waals surface area (Å²) >= 11 is 0. The molecule has 1 atom stereocenters. The molecule has 3 rings (SSSR count). The highest BCUT2D eigenvalue weighted by Crippen LogP contribution is 2.36. The molecule has 32 heavy (non-hydrogen) atoms. The van der Waals surface area contributed by atoms with Gasteiger partial charge in [-0.15, -0.1) is 0 Å². The van der Waals surface area contributed by atoms with Gasteiger partial charge in [0.15, 0.2) is 0 Å². The number of anilines is 2. The quantitative estimate of drug-likeness (QED) is 0.378. The highest BCUT2D eigenvalue weighted by atomic mass is 32.2. The minimum Gasteiger partial charge on any atom is -0.399 e. The summed E-state index contributed by atoms with van der Waals surface area (Å²) in [5, 5.41) is 3.13. The monoisotopic (exact) mass is 454 g/mol. The van der Waals surface area contributed by atoms with E-state index in [9.17, 15) is 8.78 Å². The van der Waals surface area contributed by atoms with Crippen molar-refractivity contribution in [3.63, 3.8) is 0 Å². The van der Waals surface area contributed by atoms with E-state index in [0.29, 0.717) is 16.4 Å². The van der Waals surface area contributed by atoms with E-state index in [-0.39, 0.29) is 5.41 Å². The van der Waals surface area contributed by atoms with Crippen molar-refractivity contribution in [3.05, 3.63) is 78.0 Å². The molecule has 0 aliphatic rings. The van der Waals surface area contributed by atoms with Crippen molar-refractivity contribution in [2.45, 2.75) is 31.1 Å². The maximum absolute atomic E-state index is 13.5. The summed E-state index contributed by atoms with van der Waals surface area (Å²) in [6.07, 6.45) is 0. The van der Waals surface area contributed by atoms with Crippen molar-refractivity contribution >= 4 is 33.7 Å². The normalized spacial score (nSPS) is 12.3. The molecule has 168 valence electrons. The molecule has 0 aliphatic heterocycles. The number of hydrogen-bond acceptors (Lipinski definition) is 4. The zero-order chi connectivity index (χ0) is 23.6. The van der Waals surface area contributed by atoms with Crippen LogP contribution in [0.1, 0.15) is 32.0 Å². The number of nitrogens with one attached hydrogen (secondary N) is 2. The minimum atomic E-state index is -0.822. The lowest BCUT2D eigenvalue weighted by atomic mass is 9.88. The second-order valence-corrected chi connectivity index (χ2v) is 9.94. The summed E-state index contributed by atoms with van der Waals surface area (Å²) < 4.78 is 30.3. The Morgan fingerprint density at radius 1 is 1.03 bits per heavy atom. The number of hydrogen-bond donors (Lipinski definition) is 3. The zero-order valence-corrected chi connectivity index (χ0v) is 19.5. The van der Waals surface area contributed by atoms with E-state index in [1.807, 2.05) is 37.4 Å². The third kappa shape index (κ3) is 5.16. The molecule has 1 aromatic heterocycles. The molecule has 1 heterocycles. The van der Waals surface area contributed by atoms with Crippen LogP contribution in [0.15, 0.2) is 60.0 Å². The molecule has 0 amide bonds. The number of halogens is 2. The summed E-state index contributed by atoms with van der Waals surface area (Å²) in [5.74, 6) is 3.43. The van der Waals surface area contributed by atoms with Crippen LogP contribution in [0.5, 0.6) is 0 Å². The van der Waals surface area contributed by atoms with Gasteiger partial charge in [-0.3, -0.25) is 0 Å². The fraction of sp³-hybridized carbons (Fsp3) is 0.200. The topological polar surface area (TPSA) is 63.0 Å². The van der Waals surface area contributed by atoms with Crippen LogP contribution in [0.2, 0.25) is 0 Å². The van der Waals surface area contributed by atoms with Gasteiger partial charge in [-0.25, -0.2) is 13.8 Å². The Balaban J connectivity index is 1.97. The predicted octanol–water partition coefficient (Wildman–Crippen LogP) is 6.38. The molecule has 0 saturated carbocycles. The number of nitrogens with two attached hydrogens (primary N) is 1. The number of benzene rings is 2. The predicted molar refractivity (Wildman–Crippen MR) is 134 cm³/mol. The third-order valence-electron chi connectivity index (χ3n) is 4.90. The van der Waals surface area contributed by atoms with E-state index < -0.39 is 22.3 Å². The first-order valence-electron chi connectivity index (χ1n) is 10.0. The Kier molecular flexibility index (Phi) is 6.69. The van der Waals surface area contributed by atoms with Gasteiger partial charge in [0.2, 0.25) is 0 Å². The molecule has 4 N–H and O–H groups in total. The highest BCUT2D eigenvalue weighted by Gasteiger charge is 2.21. The second-order valence-electron chi connectivity index (χ2n) is 8.48. The van der Waals surface area contributed by atoms with Crippen LogP contribution < -0.4 is 15.8 Å². The Morgan fingerprint density at radius 2 is 1.62 bits per heavy atom. The fourth-order valence-electron chi connectivity index (χ4n) is 3.25. The first kappa shape index (κ1) is 23.5. The highest BCUT2D eigenvalue weighted by molar-refractivity contribution is 8.15. The number of rotatable bonds is 6. The SMILES string of the molecule is C=C(N)c1c(-c2ccc(NS(=C)c3cc(F)cc(F)c3)cc2)cc(C(C)(C)C)nc1NC. The van der Waals surface area contributed by atoms with Gasteiger partial charge in [0.25, 0.3) is 0 Å². The molecular weight excluding hydrogens is 426 g/mol. The molecule has 4 nitrogen and oxygen atoms in total.